The van der Waals surface area contributed by atoms with Crippen LogP contribution in [0.25, 0.3) is 0 Å². The number of nitrogens with one attached hydrogen (secondary N) is 2. The Morgan fingerprint density at radius 3 is 2.28 bits per heavy atom. The Bertz CT molecular complexity index is 837. The molecular formula is C19H19ClN4O. The topological polar surface area (TPSA) is 59.1 Å². The van der Waals surface area contributed by atoms with Gasteiger partial charge in [-0.05, 0) is 50.2 Å². The molecule has 2 N–H and O–H groups in total. The van der Waals surface area contributed by atoms with Gasteiger partial charge in [0.1, 0.15) is 23.7 Å². The summed E-state index contributed by atoms with van der Waals surface area (Å²) in [6, 6.07) is 17.1. The van der Waals surface area contributed by atoms with E-state index in [4.69, 9.17) is 16.3 Å². The maximum atomic E-state index is 6.16. The molecule has 1 heterocycles. The molecule has 0 amide bonds. The summed E-state index contributed by atoms with van der Waals surface area (Å²) in [6.07, 6.45) is 1.65. The molecule has 0 saturated carbocycles. The van der Waals surface area contributed by atoms with Gasteiger partial charge in [0.05, 0.1) is 16.8 Å². The average Bonchev–Trinajstić information content (AvgIpc) is 2.59. The highest BCUT2D eigenvalue weighted by Crippen LogP contribution is 2.25. The number of para-hydroxylation sites is 1. The molecular weight excluding hydrogens is 336 g/mol. The number of ether oxygens (including phenoxy) is 1. The van der Waals surface area contributed by atoms with Gasteiger partial charge in [-0.1, -0.05) is 23.7 Å². The highest BCUT2D eigenvalue weighted by Gasteiger charge is 2.04. The van der Waals surface area contributed by atoms with Crippen LogP contribution in [0.2, 0.25) is 5.02 Å². The van der Waals surface area contributed by atoms with Crippen molar-refractivity contribution in [1.29, 1.82) is 0 Å². The smallest absolute Gasteiger partial charge is 0.135 e. The largest absolute Gasteiger partial charge is 0.491 e. The highest BCUT2D eigenvalue weighted by atomic mass is 35.5. The first-order valence-corrected chi connectivity index (χ1v) is 8.35. The lowest BCUT2D eigenvalue weighted by atomic mass is 10.3. The van der Waals surface area contributed by atoms with Gasteiger partial charge >= 0.3 is 0 Å². The molecule has 0 radical (unpaired) electrons. The number of benzene rings is 2. The van der Waals surface area contributed by atoms with Crippen molar-refractivity contribution < 1.29 is 4.74 Å². The lowest BCUT2D eigenvalue weighted by Crippen LogP contribution is -2.05. The molecule has 25 heavy (non-hydrogen) atoms. The fraction of sp³-hybridized carbons (Fsp3) is 0.158. The van der Waals surface area contributed by atoms with Gasteiger partial charge in [0, 0.05) is 11.8 Å². The summed E-state index contributed by atoms with van der Waals surface area (Å²) in [5.41, 5.74) is 1.71. The van der Waals surface area contributed by atoms with E-state index in [-0.39, 0.29) is 6.10 Å². The number of nitrogens with zero attached hydrogens (tertiary/aromatic N) is 2. The van der Waals surface area contributed by atoms with Gasteiger partial charge in [0.2, 0.25) is 0 Å². The summed E-state index contributed by atoms with van der Waals surface area (Å²) in [7, 11) is 0. The number of hydrogen-bond acceptors (Lipinski definition) is 5. The number of aromatic nitrogens is 2. The quantitative estimate of drug-likeness (QED) is 0.620. The zero-order valence-corrected chi connectivity index (χ0v) is 14.8. The molecule has 0 aliphatic rings. The molecule has 2 aromatic carbocycles. The van der Waals surface area contributed by atoms with E-state index in [1.165, 1.54) is 6.33 Å². The highest BCUT2D eigenvalue weighted by molar-refractivity contribution is 6.33. The summed E-state index contributed by atoms with van der Waals surface area (Å²) in [4.78, 5) is 8.47. The van der Waals surface area contributed by atoms with E-state index in [2.05, 4.69) is 20.6 Å². The van der Waals surface area contributed by atoms with Gasteiger partial charge < -0.3 is 15.4 Å². The van der Waals surface area contributed by atoms with Crippen molar-refractivity contribution in [3.63, 3.8) is 0 Å². The summed E-state index contributed by atoms with van der Waals surface area (Å²) < 4.78 is 5.64. The van der Waals surface area contributed by atoms with Crippen molar-refractivity contribution in [3.05, 3.63) is 65.9 Å². The summed E-state index contributed by atoms with van der Waals surface area (Å²) in [6.45, 7) is 4.00. The molecule has 0 aliphatic carbocycles. The summed E-state index contributed by atoms with van der Waals surface area (Å²) >= 11 is 6.16. The van der Waals surface area contributed by atoms with Crippen molar-refractivity contribution in [3.8, 4) is 5.75 Å². The van der Waals surface area contributed by atoms with Crippen LogP contribution in [0.4, 0.5) is 23.0 Å². The van der Waals surface area contributed by atoms with Crippen LogP contribution in [0.1, 0.15) is 13.8 Å². The van der Waals surface area contributed by atoms with E-state index < -0.39 is 0 Å². The molecule has 128 valence electrons. The predicted octanol–water partition coefficient (Wildman–Crippen LogP) is 5.40. The van der Waals surface area contributed by atoms with Gasteiger partial charge in [-0.15, -0.1) is 0 Å². The Hall–Kier alpha value is -2.79. The minimum atomic E-state index is 0.152. The monoisotopic (exact) mass is 354 g/mol. The van der Waals surface area contributed by atoms with Crippen molar-refractivity contribution in [2.45, 2.75) is 20.0 Å². The number of hydrogen-bond donors (Lipinski definition) is 2. The Labute approximate surface area is 152 Å². The fourth-order valence-corrected chi connectivity index (χ4v) is 2.41. The third-order valence-corrected chi connectivity index (χ3v) is 3.63. The van der Waals surface area contributed by atoms with Gasteiger partial charge in [-0.2, -0.15) is 0 Å². The van der Waals surface area contributed by atoms with Crippen LogP contribution in [-0.2, 0) is 0 Å². The summed E-state index contributed by atoms with van der Waals surface area (Å²) in [5, 5.41) is 7.07. The van der Waals surface area contributed by atoms with Crippen LogP contribution in [0.15, 0.2) is 60.9 Å². The van der Waals surface area contributed by atoms with Crippen LogP contribution in [0.3, 0.4) is 0 Å². The first-order chi connectivity index (χ1) is 12.1. The number of halogens is 1. The second-order valence-corrected chi connectivity index (χ2v) is 6.12. The number of anilines is 4. The predicted molar refractivity (Wildman–Crippen MR) is 102 cm³/mol. The summed E-state index contributed by atoms with van der Waals surface area (Å²) in [5.74, 6) is 2.18. The maximum Gasteiger partial charge on any atom is 0.135 e. The molecule has 3 aromatic rings. The van der Waals surface area contributed by atoms with E-state index in [1.807, 2.05) is 68.4 Å². The van der Waals surface area contributed by atoms with Crippen LogP contribution in [0, 0.1) is 0 Å². The minimum absolute atomic E-state index is 0.152. The lowest BCUT2D eigenvalue weighted by Gasteiger charge is -2.11. The Kier molecular flexibility index (Phi) is 5.36. The average molecular weight is 355 g/mol. The second kappa shape index (κ2) is 7.85. The van der Waals surface area contributed by atoms with Crippen LogP contribution < -0.4 is 15.4 Å². The maximum absolute atomic E-state index is 6.16. The molecule has 6 heteroatoms. The molecule has 0 atom stereocenters. The molecule has 0 fully saturated rings. The Morgan fingerprint density at radius 1 is 0.920 bits per heavy atom. The third-order valence-electron chi connectivity index (χ3n) is 3.30. The molecule has 0 saturated heterocycles. The van der Waals surface area contributed by atoms with Gasteiger partial charge in [-0.25, -0.2) is 9.97 Å². The Balaban J connectivity index is 1.70. The molecule has 0 spiro atoms. The third kappa shape index (κ3) is 4.84. The van der Waals surface area contributed by atoms with E-state index >= 15 is 0 Å². The molecule has 0 bridgehead atoms. The molecule has 3 rings (SSSR count). The minimum Gasteiger partial charge on any atom is -0.491 e. The van der Waals surface area contributed by atoms with Crippen molar-refractivity contribution >= 4 is 34.6 Å². The first-order valence-electron chi connectivity index (χ1n) is 7.97. The molecule has 1 aromatic heterocycles. The lowest BCUT2D eigenvalue weighted by molar-refractivity contribution is 0.242. The molecule has 5 nitrogen and oxygen atoms in total. The number of rotatable bonds is 6. The first kappa shape index (κ1) is 17.0. The Morgan fingerprint density at radius 2 is 1.60 bits per heavy atom. The van der Waals surface area contributed by atoms with Crippen LogP contribution in [0.5, 0.6) is 5.75 Å². The SMILES string of the molecule is CC(C)Oc1ccc(Nc2cc(Nc3ccccc3Cl)ncn2)cc1. The normalized spacial score (nSPS) is 10.6. The zero-order valence-electron chi connectivity index (χ0n) is 14.0. The van der Waals surface area contributed by atoms with Crippen molar-refractivity contribution in [2.75, 3.05) is 10.6 Å². The van der Waals surface area contributed by atoms with Crippen molar-refractivity contribution in [2.24, 2.45) is 0 Å². The van der Waals surface area contributed by atoms with E-state index in [9.17, 15) is 0 Å². The van der Waals surface area contributed by atoms with E-state index in [0.29, 0.717) is 16.7 Å². The molecule has 0 aliphatic heterocycles. The fourth-order valence-electron chi connectivity index (χ4n) is 2.23. The molecule has 0 unspecified atom stereocenters. The van der Waals surface area contributed by atoms with Gasteiger partial charge in [-0.3, -0.25) is 0 Å². The van der Waals surface area contributed by atoms with Gasteiger partial charge in [0.25, 0.3) is 0 Å². The zero-order chi connectivity index (χ0) is 17.6. The van der Waals surface area contributed by atoms with Crippen LogP contribution in [-0.4, -0.2) is 16.1 Å². The van der Waals surface area contributed by atoms with E-state index in [0.717, 1.165) is 17.1 Å². The van der Waals surface area contributed by atoms with Gasteiger partial charge in [0.15, 0.2) is 0 Å². The van der Waals surface area contributed by atoms with Crippen molar-refractivity contribution in [1.82, 2.24) is 9.97 Å². The standard InChI is InChI=1S/C19H19ClN4O/c1-13(2)25-15-9-7-14(8-10-15)23-18-11-19(22-12-21-18)24-17-6-4-3-5-16(17)20/h3-13H,1-2H3,(H2,21,22,23,24). The second-order valence-electron chi connectivity index (χ2n) is 5.71. The van der Waals surface area contributed by atoms with E-state index in [1.54, 1.807) is 0 Å². The van der Waals surface area contributed by atoms with Crippen LogP contribution >= 0.6 is 11.6 Å².